The molecule has 1 saturated heterocycles. The Morgan fingerprint density at radius 2 is 2.17 bits per heavy atom. The first-order valence-electron chi connectivity index (χ1n) is 7.33. The van der Waals surface area contributed by atoms with Crippen molar-refractivity contribution in [3.63, 3.8) is 0 Å². The van der Waals surface area contributed by atoms with Crippen LogP contribution >= 0.6 is 0 Å². The van der Waals surface area contributed by atoms with Crippen molar-refractivity contribution in [1.82, 2.24) is 10.2 Å². The minimum absolute atomic E-state index is 0.415. The first-order valence-corrected chi connectivity index (χ1v) is 7.33. The van der Waals surface area contributed by atoms with E-state index in [1.165, 1.54) is 11.0 Å². The lowest BCUT2D eigenvalue weighted by Gasteiger charge is -2.37. The third-order valence-corrected chi connectivity index (χ3v) is 3.42. The van der Waals surface area contributed by atoms with Gasteiger partial charge in [0.1, 0.15) is 5.60 Å². The molecule has 1 amide bonds. The van der Waals surface area contributed by atoms with Crippen molar-refractivity contribution in [3.8, 4) is 0 Å². The number of hydrogen-bond acceptors (Lipinski definition) is 5. The molecular formula is C15H20FN3O4. The van der Waals surface area contributed by atoms with Gasteiger partial charge < -0.3 is 10.1 Å². The predicted octanol–water partition coefficient (Wildman–Crippen LogP) is 2.62. The molecule has 0 radical (unpaired) electrons. The lowest BCUT2D eigenvalue weighted by Crippen LogP contribution is -2.50. The first-order chi connectivity index (χ1) is 10.7. The van der Waals surface area contributed by atoms with Crippen LogP contribution < -0.4 is 5.32 Å². The zero-order chi connectivity index (χ0) is 17.2. The molecule has 1 aliphatic rings. The second-order valence-corrected chi connectivity index (χ2v) is 6.36. The van der Waals surface area contributed by atoms with Crippen molar-refractivity contribution in [3.05, 3.63) is 39.7 Å². The van der Waals surface area contributed by atoms with Crippen LogP contribution in [-0.4, -0.2) is 41.2 Å². The lowest BCUT2D eigenvalue weighted by molar-refractivity contribution is -0.387. The van der Waals surface area contributed by atoms with Gasteiger partial charge in [0.15, 0.2) is 0 Å². The summed E-state index contributed by atoms with van der Waals surface area (Å²) in [6.07, 6.45) is -0.484. The average molecular weight is 325 g/mol. The number of piperazine rings is 1. The summed E-state index contributed by atoms with van der Waals surface area (Å²) < 4.78 is 19.2. The van der Waals surface area contributed by atoms with Crippen LogP contribution in [0.3, 0.4) is 0 Å². The van der Waals surface area contributed by atoms with Crippen molar-refractivity contribution in [2.75, 3.05) is 19.6 Å². The van der Waals surface area contributed by atoms with Gasteiger partial charge in [-0.1, -0.05) is 0 Å². The number of amides is 1. The van der Waals surface area contributed by atoms with Gasteiger partial charge in [-0.3, -0.25) is 15.0 Å². The fourth-order valence-corrected chi connectivity index (χ4v) is 2.42. The van der Waals surface area contributed by atoms with Crippen LogP contribution in [0.2, 0.25) is 0 Å². The summed E-state index contributed by atoms with van der Waals surface area (Å²) >= 11 is 0. The molecule has 1 aliphatic heterocycles. The monoisotopic (exact) mass is 325 g/mol. The number of ether oxygens (including phenoxy) is 1. The molecule has 2 rings (SSSR count). The van der Waals surface area contributed by atoms with E-state index in [4.69, 9.17) is 4.74 Å². The maximum absolute atomic E-state index is 13.9. The van der Waals surface area contributed by atoms with E-state index in [0.29, 0.717) is 25.2 Å². The smallest absolute Gasteiger partial charge is 0.410 e. The van der Waals surface area contributed by atoms with Gasteiger partial charge in [-0.2, -0.15) is 4.39 Å². The number of nitro benzene ring substituents is 1. The molecule has 1 aromatic rings. The molecule has 0 bridgehead atoms. The van der Waals surface area contributed by atoms with Crippen LogP contribution in [0, 0.1) is 15.9 Å². The van der Waals surface area contributed by atoms with Crippen molar-refractivity contribution in [1.29, 1.82) is 0 Å². The van der Waals surface area contributed by atoms with Crippen LogP contribution in [0.25, 0.3) is 0 Å². The third-order valence-electron chi connectivity index (χ3n) is 3.42. The Balaban J connectivity index is 2.26. The Kier molecular flexibility index (Phi) is 4.84. The van der Waals surface area contributed by atoms with E-state index in [9.17, 15) is 19.3 Å². The molecule has 8 heteroatoms. The predicted molar refractivity (Wildman–Crippen MR) is 81.6 cm³/mol. The summed E-state index contributed by atoms with van der Waals surface area (Å²) in [5.41, 5.74) is -0.722. The van der Waals surface area contributed by atoms with Crippen molar-refractivity contribution in [2.45, 2.75) is 32.4 Å². The van der Waals surface area contributed by atoms with Gasteiger partial charge in [0.25, 0.3) is 0 Å². The summed E-state index contributed by atoms with van der Waals surface area (Å²) in [5.74, 6) is -0.915. The van der Waals surface area contributed by atoms with Gasteiger partial charge in [-0.15, -0.1) is 0 Å². The second kappa shape index (κ2) is 6.49. The van der Waals surface area contributed by atoms with Crippen LogP contribution in [0.5, 0.6) is 0 Å². The molecule has 7 nitrogen and oxygen atoms in total. The molecule has 0 aromatic heterocycles. The first kappa shape index (κ1) is 17.1. The highest BCUT2D eigenvalue weighted by Crippen LogP contribution is 2.28. The molecule has 23 heavy (non-hydrogen) atoms. The number of nitro groups is 1. The number of rotatable bonds is 2. The highest BCUT2D eigenvalue weighted by atomic mass is 19.1. The number of carbonyl (C=O) groups excluding carboxylic acids is 1. The van der Waals surface area contributed by atoms with E-state index in [1.54, 1.807) is 20.8 Å². The molecule has 1 N–H and O–H groups in total. The average Bonchev–Trinajstić information content (AvgIpc) is 2.45. The molecule has 1 unspecified atom stereocenters. The summed E-state index contributed by atoms with van der Waals surface area (Å²) in [6, 6.07) is 3.25. The van der Waals surface area contributed by atoms with Crippen LogP contribution in [0.4, 0.5) is 14.9 Å². The van der Waals surface area contributed by atoms with Gasteiger partial charge in [0.05, 0.1) is 11.0 Å². The SMILES string of the molecule is CC(C)(C)OC(=O)N1CCNCC1c1ccc([N+](=O)[O-])c(F)c1. The molecular weight excluding hydrogens is 305 g/mol. The maximum Gasteiger partial charge on any atom is 0.410 e. The Morgan fingerprint density at radius 3 is 2.74 bits per heavy atom. The molecule has 0 aliphatic carbocycles. The quantitative estimate of drug-likeness (QED) is 0.667. The molecule has 0 spiro atoms. The van der Waals surface area contributed by atoms with Crippen LogP contribution in [0.15, 0.2) is 18.2 Å². The zero-order valence-electron chi connectivity index (χ0n) is 13.3. The van der Waals surface area contributed by atoms with Gasteiger partial charge >= 0.3 is 11.8 Å². The molecule has 126 valence electrons. The highest BCUT2D eigenvalue weighted by Gasteiger charge is 2.32. The number of hydrogen-bond donors (Lipinski definition) is 1. The lowest BCUT2D eigenvalue weighted by atomic mass is 10.0. The largest absolute Gasteiger partial charge is 0.444 e. The highest BCUT2D eigenvalue weighted by molar-refractivity contribution is 5.69. The van der Waals surface area contributed by atoms with Crippen LogP contribution in [0.1, 0.15) is 32.4 Å². The number of nitrogens with one attached hydrogen (secondary N) is 1. The number of halogens is 1. The molecule has 1 fully saturated rings. The molecule has 1 atom stereocenters. The minimum Gasteiger partial charge on any atom is -0.444 e. The fraction of sp³-hybridized carbons (Fsp3) is 0.533. The van der Waals surface area contributed by atoms with E-state index >= 15 is 0 Å². The number of benzene rings is 1. The maximum atomic E-state index is 13.9. The Morgan fingerprint density at radius 1 is 1.48 bits per heavy atom. The topological polar surface area (TPSA) is 84.7 Å². The Hall–Kier alpha value is -2.22. The van der Waals surface area contributed by atoms with E-state index in [-0.39, 0.29) is 0 Å². The van der Waals surface area contributed by atoms with Gasteiger partial charge in [-0.05, 0) is 38.5 Å². The van der Waals surface area contributed by atoms with Gasteiger partial charge in [0.2, 0.25) is 5.82 Å². The van der Waals surface area contributed by atoms with E-state index in [0.717, 1.165) is 12.1 Å². The summed E-state index contributed by atoms with van der Waals surface area (Å²) in [5, 5.41) is 13.8. The second-order valence-electron chi connectivity index (χ2n) is 6.36. The Bertz CT molecular complexity index is 615. The van der Waals surface area contributed by atoms with Gasteiger partial charge in [0, 0.05) is 25.7 Å². The number of nitrogens with zero attached hydrogens (tertiary/aromatic N) is 2. The summed E-state index contributed by atoms with van der Waals surface area (Å²) in [4.78, 5) is 23.8. The zero-order valence-corrected chi connectivity index (χ0v) is 13.3. The van der Waals surface area contributed by atoms with Gasteiger partial charge in [-0.25, -0.2) is 4.79 Å². The van der Waals surface area contributed by atoms with E-state index in [2.05, 4.69) is 5.32 Å². The minimum atomic E-state index is -0.915. The Labute approximate surface area is 133 Å². The van der Waals surface area contributed by atoms with Crippen molar-refractivity contribution in [2.24, 2.45) is 0 Å². The molecule has 0 saturated carbocycles. The summed E-state index contributed by atoms with van der Waals surface area (Å²) in [7, 11) is 0. The van der Waals surface area contributed by atoms with E-state index < -0.39 is 34.2 Å². The summed E-state index contributed by atoms with van der Waals surface area (Å²) in [6.45, 7) is 6.76. The van der Waals surface area contributed by atoms with E-state index in [1.807, 2.05) is 0 Å². The fourth-order valence-electron chi connectivity index (χ4n) is 2.42. The molecule has 1 heterocycles. The van der Waals surface area contributed by atoms with Crippen molar-refractivity contribution >= 4 is 11.8 Å². The number of carbonyl (C=O) groups is 1. The third kappa shape index (κ3) is 4.16. The van der Waals surface area contributed by atoms with Crippen LogP contribution in [-0.2, 0) is 4.74 Å². The normalized spacial score (nSPS) is 18.6. The standard InChI is InChI=1S/C15H20FN3O4/c1-15(2,3)23-14(20)18-7-6-17-9-13(18)10-4-5-12(19(21)22)11(16)8-10/h4-5,8,13,17H,6-7,9H2,1-3H3. The molecule has 1 aromatic carbocycles. The van der Waals surface area contributed by atoms with Crippen molar-refractivity contribution < 1.29 is 18.8 Å².